The zero-order valence-corrected chi connectivity index (χ0v) is 10.2. The normalized spacial score (nSPS) is 10.3. The van der Waals surface area contributed by atoms with Crippen LogP contribution in [0, 0.1) is 5.82 Å². The van der Waals surface area contributed by atoms with E-state index >= 15 is 0 Å². The summed E-state index contributed by atoms with van der Waals surface area (Å²) in [6.45, 7) is 0.589. The van der Waals surface area contributed by atoms with E-state index in [-0.39, 0.29) is 17.0 Å². The summed E-state index contributed by atoms with van der Waals surface area (Å²) in [6.07, 6.45) is 0.712. The molecule has 0 aliphatic heterocycles. The number of nitrogens with zero attached hydrogens (tertiary/aromatic N) is 3. The number of rotatable bonds is 4. The minimum absolute atomic E-state index is 0.0479. The molecule has 1 aromatic carbocycles. The van der Waals surface area contributed by atoms with Crippen molar-refractivity contribution in [3.05, 3.63) is 40.9 Å². The van der Waals surface area contributed by atoms with Crippen LogP contribution in [0.2, 0.25) is 5.28 Å². The SMILES string of the molecule is Nc1nc(Cl)nc(NCCc2ccc(F)cc2)n1. The molecule has 18 heavy (non-hydrogen) atoms. The first kappa shape index (κ1) is 12.5. The van der Waals surface area contributed by atoms with Gasteiger partial charge in [0, 0.05) is 6.54 Å². The number of hydrogen-bond donors (Lipinski definition) is 2. The van der Waals surface area contributed by atoms with Gasteiger partial charge in [-0.3, -0.25) is 0 Å². The predicted molar refractivity (Wildman–Crippen MR) is 67.8 cm³/mol. The van der Waals surface area contributed by atoms with Crippen LogP contribution < -0.4 is 11.1 Å². The number of nitrogens with two attached hydrogens (primary N) is 1. The number of aromatic nitrogens is 3. The van der Waals surface area contributed by atoms with Crippen LogP contribution in [-0.4, -0.2) is 21.5 Å². The minimum atomic E-state index is -0.247. The van der Waals surface area contributed by atoms with Crippen LogP contribution in [0.15, 0.2) is 24.3 Å². The molecule has 5 nitrogen and oxygen atoms in total. The van der Waals surface area contributed by atoms with E-state index in [9.17, 15) is 4.39 Å². The van der Waals surface area contributed by atoms with Crippen molar-refractivity contribution in [1.29, 1.82) is 0 Å². The second-order valence-corrected chi connectivity index (χ2v) is 3.93. The third-order valence-corrected chi connectivity index (χ3v) is 2.40. The van der Waals surface area contributed by atoms with Crippen LogP contribution in [0.5, 0.6) is 0 Å². The van der Waals surface area contributed by atoms with Crippen molar-refractivity contribution in [3.63, 3.8) is 0 Å². The molecule has 0 saturated heterocycles. The molecule has 0 radical (unpaired) electrons. The zero-order chi connectivity index (χ0) is 13.0. The van der Waals surface area contributed by atoms with Crippen molar-refractivity contribution in [2.75, 3.05) is 17.6 Å². The Morgan fingerprint density at radius 3 is 2.56 bits per heavy atom. The molecule has 0 aliphatic rings. The highest BCUT2D eigenvalue weighted by Crippen LogP contribution is 2.08. The monoisotopic (exact) mass is 267 g/mol. The predicted octanol–water partition coefficient (Wildman–Crippen LogP) is 1.90. The highest BCUT2D eigenvalue weighted by Gasteiger charge is 2.01. The Balaban J connectivity index is 1.90. The Morgan fingerprint density at radius 1 is 1.17 bits per heavy atom. The summed E-state index contributed by atoms with van der Waals surface area (Å²) < 4.78 is 12.7. The van der Waals surface area contributed by atoms with Crippen molar-refractivity contribution in [2.24, 2.45) is 0 Å². The van der Waals surface area contributed by atoms with Crippen LogP contribution in [0.3, 0.4) is 0 Å². The summed E-state index contributed by atoms with van der Waals surface area (Å²) in [5.74, 6) is 0.151. The van der Waals surface area contributed by atoms with Crippen molar-refractivity contribution < 1.29 is 4.39 Å². The lowest BCUT2D eigenvalue weighted by Crippen LogP contribution is -2.10. The molecule has 1 aromatic heterocycles. The van der Waals surface area contributed by atoms with Gasteiger partial charge in [-0.05, 0) is 35.7 Å². The van der Waals surface area contributed by atoms with Crippen molar-refractivity contribution >= 4 is 23.5 Å². The first-order valence-electron chi connectivity index (χ1n) is 5.29. The number of halogens is 2. The summed E-state index contributed by atoms with van der Waals surface area (Å²) in [5.41, 5.74) is 6.44. The van der Waals surface area contributed by atoms with E-state index in [2.05, 4.69) is 20.3 Å². The van der Waals surface area contributed by atoms with E-state index in [0.29, 0.717) is 18.9 Å². The molecule has 7 heteroatoms. The zero-order valence-electron chi connectivity index (χ0n) is 9.40. The van der Waals surface area contributed by atoms with E-state index in [4.69, 9.17) is 17.3 Å². The van der Waals surface area contributed by atoms with Crippen LogP contribution in [-0.2, 0) is 6.42 Å². The number of hydrogen-bond acceptors (Lipinski definition) is 5. The van der Waals surface area contributed by atoms with Gasteiger partial charge in [0.15, 0.2) is 0 Å². The lowest BCUT2D eigenvalue weighted by Gasteiger charge is -2.05. The average molecular weight is 268 g/mol. The molecule has 0 atom stereocenters. The third-order valence-electron chi connectivity index (χ3n) is 2.24. The van der Waals surface area contributed by atoms with Crippen molar-refractivity contribution in [2.45, 2.75) is 6.42 Å². The molecule has 2 rings (SSSR count). The fraction of sp³-hybridized carbons (Fsp3) is 0.182. The number of benzene rings is 1. The summed E-state index contributed by atoms with van der Waals surface area (Å²) in [6, 6.07) is 6.30. The van der Waals surface area contributed by atoms with Gasteiger partial charge < -0.3 is 11.1 Å². The second-order valence-electron chi connectivity index (χ2n) is 3.59. The lowest BCUT2D eigenvalue weighted by atomic mass is 10.1. The summed E-state index contributed by atoms with van der Waals surface area (Å²) in [7, 11) is 0. The van der Waals surface area contributed by atoms with E-state index in [1.54, 1.807) is 12.1 Å². The topological polar surface area (TPSA) is 76.7 Å². The van der Waals surface area contributed by atoms with Gasteiger partial charge in [-0.2, -0.15) is 15.0 Å². The molecule has 94 valence electrons. The van der Waals surface area contributed by atoms with Crippen molar-refractivity contribution in [1.82, 2.24) is 15.0 Å². The molecule has 0 amide bonds. The summed E-state index contributed by atoms with van der Waals surface area (Å²) >= 11 is 5.64. The Bertz CT molecular complexity index is 511. The fourth-order valence-corrected chi connectivity index (χ4v) is 1.58. The standard InChI is InChI=1S/C11H11ClFN5/c12-9-16-10(14)18-11(17-9)15-6-5-7-1-3-8(13)4-2-7/h1-4H,5-6H2,(H3,14,15,16,17,18). The van der Waals surface area contributed by atoms with Gasteiger partial charge in [-0.15, -0.1) is 0 Å². The Hall–Kier alpha value is -1.95. The third kappa shape index (κ3) is 3.53. The molecular weight excluding hydrogens is 257 g/mol. The van der Waals surface area contributed by atoms with Crippen LogP contribution >= 0.6 is 11.6 Å². The summed E-state index contributed by atoms with van der Waals surface area (Å²) in [4.78, 5) is 11.4. The Kier molecular flexibility index (Phi) is 3.88. The number of nitrogen functional groups attached to an aromatic ring is 1. The molecule has 1 heterocycles. The van der Waals surface area contributed by atoms with Crippen molar-refractivity contribution in [3.8, 4) is 0 Å². The van der Waals surface area contributed by atoms with E-state index in [0.717, 1.165) is 5.56 Å². The second kappa shape index (κ2) is 5.59. The summed E-state index contributed by atoms with van der Waals surface area (Å²) in [5, 5.41) is 3.02. The lowest BCUT2D eigenvalue weighted by molar-refractivity contribution is 0.627. The minimum Gasteiger partial charge on any atom is -0.368 e. The van der Waals surface area contributed by atoms with Gasteiger partial charge in [0.05, 0.1) is 0 Å². The molecule has 3 N–H and O–H groups in total. The molecule has 2 aromatic rings. The highest BCUT2D eigenvalue weighted by molar-refractivity contribution is 6.28. The maximum Gasteiger partial charge on any atom is 0.228 e. The van der Waals surface area contributed by atoms with E-state index < -0.39 is 0 Å². The smallest absolute Gasteiger partial charge is 0.228 e. The Morgan fingerprint density at radius 2 is 1.89 bits per heavy atom. The highest BCUT2D eigenvalue weighted by atomic mass is 35.5. The van der Waals surface area contributed by atoms with Crippen LogP contribution in [0.25, 0.3) is 0 Å². The van der Waals surface area contributed by atoms with Gasteiger partial charge in [-0.1, -0.05) is 12.1 Å². The maximum absolute atomic E-state index is 12.7. The van der Waals surface area contributed by atoms with Gasteiger partial charge in [0.1, 0.15) is 5.82 Å². The largest absolute Gasteiger partial charge is 0.368 e. The first-order valence-corrected chi connectivity index (χ1v) is 5.66. The quantitative estimate of drug-likeness (QED) is 0.885. The average Bonchev–Trinajstić information content (AvgIpc) is 2.30. The number of nitrogens with one attached hydrogen (secondary N) is 1. The fourth-order valence-electron chi connectivity index (χ4n) is 1.41. The van der Waals surface area contributed by atoms with Crippen LogP contribution in [0.4, 0.5) is 16.3 Å². The molecule has 0 bridgehead atoms. The maximum atomic E-state index is 12.7. The first-order chi connectivity index (χ1) is 8.63. The molecule has 0 unspecified atom stereocenters. The van der Waals surface area contributed by atoms with Gasteiger partial charge in [0.25, 0.3) is 0 Å². The van der Waals surface area contributed by atoms with Gasteiger partial charge in [0.2, 0.25) is 17.2 Å². The van der Waals surface area contributed by atoms with E-state index in [1.807, 2.05) is 0 Å². The van der Waals surface area contributed by atoms with Crippen LogP contribution in [0.1, 0.15) is 5.56 Å². The van der Waals surface area contributed by atoms with E-state index in [1.165, 1.54) is 12.1 Å². The van der Waals surface area contributed by atoms with Gasteiger partial charge >= 0.3 is 0 Å². The Labute approximate surface area is 108 Å². The van der Waals surface area contributed by atoms with Gasteiger partial charge in [-0.25, -0.2) is 4.39 Å². The molecule has 0 spiro atoms. The molecular formula is C11H11ClFN5. The molecule has 0 saturated carbocycles. The number of anilines is 2. The molecule has 0 fully saturated rings. The molecule has 0 aliphatic carbocycles.